The summed E-state index contributed by atoms with van der Waals surface area (Å²) in [6, 6.07) is 15.9. The molecule has 2 aromatic carbocycles. The molecular weight excluding hydrogens is 378 g/mol. The lowest BCUT2D eigenvalue weighted by molar-refractivity contribution is -0.146. The molecule has 2 unspecified atom stereocenters. The third-order valence-electron chi connectivity index (χ3n) is 4.46. The van der Waals surface area contributed by atoms with Crippen LogP contribution in [0.1, 0.15) is 24.1 Å². The lowest BCUT2D eigenvalue weighted by Crippen LogP contribution is -2.48. The minimum Gasteiger partial charge on any atom is -0.465 e. The Hall–Kier alpha value is -2.70. The van der Waals surface area contributed by atoms with Crippen molar-refractivity contribution < 1.29 is 14.3 Å². The van der Waals surface area contributed by atoms with Crippen molar-refractivity contribution in [3.05, 3.63) is 70.7 Å². The second kappa shape index (κ2) is 9.48. The zero-order chi connectivity index (χ0) is 19.9. The number of benzene rings is 2. The molecule has 28 heavy (non-hydrogen) atoms. The van der Waals surface area contributed by atoms with Gasteiger partial charge in [-0.15, -0.1) is 0 Å². The third-order valence-corrected chi connectivity index (χ3v) is 4.72. The number of nitrogens with one attached hydrogen (secondary N) is 2. The van der Waals surface area contributed by atoms with E-state index in [1.807, 2.05) is 54.6 Å². The Bertz CT molecular complexity index is 853. The summed E-state index contributed by atoms with van der Waals surface area (Å²) in [4.78, 5) is 28.9. The quantitative estimate of drug-likeness (QED) is 0.698. The molecule has 1 aliphatic heterocycles. The Balaban J connectivity index is 1.78. The van der Waals surface area contributed by atoms with E-state index in [1.54, 1.807) is 6.92 Å². The predicted octanol–water partition coefficient (Wildman–Crippen LogP) is 3.51. The Labute approximate surface area is 169 Å². The maximum Gasteiger partial charge on any atom is 0.341 e. The SMILES string of the molecule is CCOC(=O)C1C(CNCc2ccc(Cl)cc2)=NC(=O)NC1c1ccccc1. The molecule has 146 valence electrons. The lowest BCUT2D eigenvalue weighted by atomic mass is 9.87. The van der Waals surface area contributed by atoms with Crippen LogP contribution < -0.4 is 10.6 Å². The highest BCUT2D eigenvalue weighted by Crippen LogP contribution is 2.28. The molecule has 6 nitrogen and oxygen atoms in total. The number of esters is 1. The van der Waals surface area contributed by atoms with Crippen LogP contribution in [0.15, 0.2) is 59.6 Å². The van der Waals surface area contributed by atoms with Crippen LogP contribution in [0.25, 0.3) is 0 Å². The maximum absolute atomic E-state index is 12.7. The van der Waals surface area contributed by atoms with Crippen molar-refractivity contribution in [2.75, 3.05) is 13.2 Å². The Morgan fingerprint density at radius 1 is 1.14 bits per heavy atom. The summed E-state index contributed by atoms with van der Waals surface area (Å²) in [7, 11) is 0. The molecule has 0 fully saturated rings. The summed E-state index contributed by atoms with van der Waals surface area (Å²) < 4.78 is 5.26. The largest absolute Gasteiger partial charge is 0.465 e. The Kier molecular flexibility index (Phi) is 6.79. The summed E-state index contributed by atoms with van der Waals surface area (Å²) in [5.74, 6) is -1.08. The molecule has 3 rings (SSSR count). The van der Waals surface area contributed by atoms with Crippen molar-refractivity contribution in [2.45, 2.75) is 19.5 Å². The van der Waals surface area contributed by atoms with E-state index < -0.39 is 24.0 Å². The first-order chi connectivity index (χ1) is 13.6. The highest BCUT2D eigenvalue weighted by molar-refractivity contribution is 6.30. The minimum atomic E-state index is -0.683. The van der Waals surface area contributed by atoms with E-state index in [4.69, 9.17) is 16.3 Å². The molecule has 2 amide bonds. The first-order valence-corrected chi connectivity index (χ1v) is 9.51. The molecular formula is C21H22ClN3O3. The van der Waals surface area contributed by atoms with Crippen LogP contribution in [0, 0.1) is 5.92 Å². The van der Waals surface area contributed by atoms with Gasteiger partial charge >= 0.3 is 12.0 Å². The average Bonchev–Trinajstić information content (AvgIpc) is 2.70. The van der Waals surface area contributed by atoms with Gasteiger partial charge in [-0.2, -0.15) is 0 Å². The van der Waals surface area contributed by atoms with Gasteiger partial charge in [0.2, 0.25) is 0 Å². The number of aliphatic imine (C=N–C) groups is 1. The van der Waals surface area contributed by atoms with Crippen LogP contribution in [0.3, 0.4) is 0 Å². The van der Waals surface area contributed by atoms with Gasteiger partial charge in [0.05, 0.1) is 18.4 Å². The molecule has 0 aliphatic carbocycles. The molecule has 0 aromatic heterocycles. The second-order valence-electron chi connectivity index (χ2n) is 6.40. The monoisotopic (exact) mass is 399 g/mol. The standard InChI is InChI=1S/C21H22ClN3O3/c1-2-28-20(26)18-17(13-23-12-14-8-10-16(22)11-9-14)24-21(27)25-19(18)15-6-4-3-5-7-15/h3-11,18-19,23H,2,12-13H2,1H3,(H,25,27). The van der Waals surface area contributed by atoms with Crippen LogP contribution in [-0.2, 0) is 16.1 Å². The van der Waals surface area contributed by atoms with Gasteiger partial charge in [-0.1, -0.05) is 54.1 Å². The average molecular weight is 400 g/mol. The number of rotatable bonds is 7. The predicted molar refractivity (Wildman–Crippen MR) is 108 cm³/mol. The highest BCUT2D eigenvalue weighted by atomic mass is 35.5. The van der Waals surface area contributed by atoms with Crippen molar-refractivity contribution in [2.24, 2.45) is 10.9 Å². The fraction of sp³-hybridized carbons (Fsp3) is 0.286. The summed E-state index contributed by atoms with van der Waals surface area (Å²) in [5, 5.41) is 6.72. The number of hydrogen-bond acceptors (Lipinski definition) is 4. The normalized spacial score (nSPS) is 18.9. The van der Waals surface area contributed by atoms with Gasteiger partial charge in [0.15, 0.2) is 0 Å². The Morgan fingerprint density at radius 2 is 1.86 bits per heavy atom. The van der Waals surface area contributed by atoms with Crippen LogP contribution in [0.2, 0.25) is 5.02 Å². The van der Waals surface area contributed by atoms with Crippen molar-refractivity contribution >= 4 is 29.3 Å². The Morgan fingerprint density at radius 3 is 2.54 bits per heavy atom. The van der Waals surface area contributed by atoms with Crippen molar-refractivity contribution in [1.82, 2.24) is 10.6 Å². The van der Waals surface area contributed by atoms with Gasteiger partial charge in [-0.3, -0.25) is 4.79 Å². The van der Waals surface area contributed by atoms with E-state index in [0.29, 0.717) is 23.8 Å². The van der Waals surface area contributed by atoms with Gasteiger partial charge in [-0.05, 0) is 30.2 Å². The zero-order valence-electron chi connectivity index (χ0n) is 15.5. The maximum atomic E-state index is 12.7. The van der Waals surface area contributed by atoms with E-state index in [2.05, 4.69) is 15.6 Å². The number of carbonyl (C=O) groups excluding carboxylic acids is 2. The fourth-order valence-electron chi connectivity index (χ4n) is 3.17. The van der Waals surface area contributed by atoms with E-state index in [-0.39, 0.29) is 6.61 Å². The van der Waals surface area contributed by atoms with Crippen molar-refractivity contribution in [3.8, 4) is 0 Å². The van der Waals surface area contributed by atoms with Gasteiger partial charge in [0.1, 0.15) is 5.92 Å². The third kappa shape index (κ3) is 4.97. The molecule has 0 spiro atoms. The molecule has 2 aromatic rings. The number of ether oxygens (including phenoxy) is 1. The lowest BCUT2D eigenvalue weighted by Gasteiger charge is -2.31. The summed E-state index contributed by atoms with van der Waals surface area (Å²) in [6.07, 6.45) is 0. The number of carbonyl (C=O) groups is 2. The van der Waals surface area contributed by atoms with Crippen LogP contribution >= 0.6 is 11.6 Å². The van der Waals surface area contributed by atoms with E-state index >= 15 is 0 Å². The van der Waals surface area contributed by atoms with E-state index in [9.17, 15) is 9.59 Å². The number of nitrogens with zero attached hydrogens (tertiary/aromatic N) is 1. The van der Waals surface area contributed by atoms with Gasteiger partial charge < -0.3 is 15.4 Å². The van der Waals surface area contributed by atoms with Crippen LogP contribution in [0.5, 0.6) is 0 Å². The molecule has 0 saturated heterocycles. The number of urea groups is 1. The smallest absolute Gasteiger partial charge is 0.341 e. The number of halogens is 1. The summed E-state index contributed by atoms with van der Waals surface area (Å²) >= 11 is 5.91. The van der Waals surface area contributed by atoms with Gasteiger partial charge in [0.25, 0.3) is 0 Å². The fourth-order valence-corrected chi connectivity index (χ4v) is 3.29. The first kappa shape index (κ1) is 20.0. The minimum absolute atomic E-state index is 0.260. The molecule has 2 N–H and O–H groups in total. The van der Waals surface area contributed by atoms with Gasteiger partial charge in [-0.25, -0.2) is 9.79 Å². The summed E-state index contributed by atoms with van der Waals surface area (Å²) in [6.45, 7) is 2.87. The topological polar surface area (TPSA) is 79.8 Å². The van der Waals surface area contributed by atoms with Gasteiger partial charge in [0, 0.05) is 18.1 Å². The molecule has 2 atom stereocenters. The van der Waals surface area contributed by atoms with Crippen molar-refractivity contribution in [3.63, 3.8) is 0 Å². The number of amides is 2. The number of hydrogen-bond donors (Lipinski definition) is 2. The molecule has 1 aliphatic rings. The van der Waals surface area contributed by atoms with Crippen LogP contribution in [-0.4, -0.2) is 30.9 Å². The molecule has 0 bridgehead atoms. The molecule has 1 heterocycles. The van der Waals surface area contributed by atoms with Crippen molar-refractivity contribution in [1.29, 1.82) is 0 Å². The first-order valence-electron chi connectivity index (χ1n) is 9.13. The molecule has 0 radical (unpaired) electrons. The van der Waals surface area contributed by atoms with E-state index in [1.165, 1.54) is 0 Å². The van der Waals surface area contributed by atoms with E-state index in [0.717, 1.165) is 11.1 Å². The second-order valence-corrected chi connectivity index (χ2v) is 6.84. The molecule has 0 saturated carbocycles. The zero-order valence-corrected chi connectivity index (χ0v) is 16.3. The highest BCUT2D eigenvalue weighted by Gasteiger charge is 2.39. The summed E-state index contributed by atoms with van der Waals surface area (Å²) in [5.41, 5.74) is 2.33. The molecule has 7 heteroatoms. The van der Waals surface area contributed by atoms with Crippen LogP contribution in [0.4, 0.5) is 4.79 Å².